The molecule has 14 heavy (non-hydrogen) atoms. The molecule has 0 saturated carbocycles. The van der Waals surface area contributed by atoms with Crippen LogP contribution in [0, 0.1) is 0 Å². The van der Waals surface area contributed by atoms with Gasteiger partial charge in [0, 0.05) is 5.02 Å². The van der Waals surface area contributed by atoms with Crippen LogP contribution in [0.4, 0.5) is 0 Å². The summed E-state index contributed by atoms with van der Waals surface area (Å²) in [4.78, 5) is 10.9. The number of hydrogen-bond acceptors (Lipinski definition) is 3. The maximum atomic E-state index is 10.9. The first kappa shape index (κ1) is 7.37. The topological polar surface area (TPSA) is 35.5 Å². The van der Waals surface area contributed by atoms with Crippen molar-refractivity contribution in [1.29, 1.82) is 0 Å². The van der Waals surface area contributed by atoms with Gasteiger partial charge in [-0.25, -0.2) is 4.79 Å². The molecule has 0 unspecified atom stereocenters. The van der Waals surface area contributed by atoms with Gasteiger partial charge in [0.25, 0.3) is 0 Å². The van der Waals surface area contributed by atoms with E-state index >= 15 is 0 Å². The molecular weight excluding hydrogens is 227 g/mol. The lowest BCUT2D eigenvalue weighted by Gasteiger charge is -2.06. The molecule has 0 amide bonds. The van der Waals surface area contributed by atoms with E-state index < -0.39 is 12.6 Å². The van der Waals surface area contributed by atoms with Gasteiger partial charge in [-0.3, -0.25) is 0 Å². The van der Waals surface area contributed by atoms with Gasteiger partial charge >= 0.3 is 5.97 Å². The molecule has 1 aromatic rings. The lowest BCUT2D eigenvalue weighted by atomic mass is 10.3. The average Bonchev–Trinajstić information content (AvgIpc) is 2.33. The molecule has 0 heterocycles. The SMILES string of the molecule is [2H]c1c([2H])c(OCC(=O)OC)c(Cl)c([2H])c1Cl. The first-order valence-electron chi connectivity index (χ1n) is 5.04. The predicted molar refractivity (Wildman–Crippen MR) is 54.0 cm³/mol. The summed E-state index contributed by atoms with van der Waals surface area (Å²) in [5.74, 6) is -0.884. The Kier molecular flexibility index (Phi) is 2.67. The van der Waals surface area contributed by atoms with Gasteiger partial charge in [0.1, 0.15) is 5.75 Å². The predicted octanol–water partition coefficient (Wildman–Crippen LogP) is 2.55. The summed E-state index contributed by atoms with van der Waals surface area (Å²) < 4.78 is 31.8. The number of benzene rings is 1. The number of hydrogen-bond donors (Lipinski definition) is 0. The van der Waals surface area contributed by atoms with Crippen LogP contribution in [0.1, 0.15) is 4.11 Å². The second-order valence-electron chi connectivity index (χ2n) is 2.20. The van der Waals surface area contributed by atoms with E-state index in [-0.39, 0.29) is 33.9 Å². The van der Waals surface area contributed by atoms with Crippen LogP contribution in [0.25, 0.3) is 0 Å². The Morgan fingerprint density at radius 2 is 2.29 bits per heavy atom. The van der Waals surface area contributed by atoms with Crippen molar-refractivity contribution in [1.82, 2.24) is 0 Å². The van der Waals surface area contributed by atoms with Gasteiger partial charge in [0.05, 0.1) is 16.2 Å². The third kappa shape index (κ3) is 3.09. The molecule has 0 bridgehead atoms. The second-order valence-corrected chi connectivity index (χ2v) is 2.95. The number of carbonyl (C=O) groups excluding carboxylic acids is 1. The van der Waals surface area contributed by atoms with Crippen molar-refractivity contribution >= 4 is 29.2 Å². The van der Waals surface area contributed by atoms with Crippen molar-refractivity contribution in [2.45, 2.75) is 0 Å². The van der Waals surface area contributed by atoms with Crippen LogP contribution in [0.5, 0.6) is 5.75 Å². The molecule has 1 aromatic carbocycles. The van der Waals surface area contributed by atoms with E-state index in [1.165, 1.54) is 7.11 Å². The van der Waals surface area contributed by atoms with Crippen LogP contribution >= 0.6 is 23.2 Å². The summed E-state index contributed by atoms with van der Waals surface area (Å²) in [6.07, 6.45) is 0. The van der Waals surface area contributed by atoms with Crippen LogP contribution < -0.4 is 4.74 Å². The van der Waals surface area contributed by atoms with Gasteiger partial charge in [-0.1, -0.05) is 23.2 Å². The molecule has 0 atom stereocenters. The molecule has 1 rings (SSSR count). The first-order valence-corrected chi connectivity index (χ1v) is 4.30. The number of halogens is 2. The van der Waals surface area contributed by atoms with Crippen molar-refractivity contribution in [2.75, 3.05) is 13.7 Å². The molecule has 0 saturated heterocycles. The van der Waals surface area contributed by atoms with Crippen molar-refractivity contribution in [3.63, 3.8) is 0 Å². The fourth-order valence-electron chi connectivity index (χ4n) is 0.640. The Morgan fingerprint density at radius 1 is 1.57 bits per heavy atom. The highest BCUT2D eigenvalue weighted by atomic mass is 35.5. The van der Waals surface area contributed by atoms with Crippen LogP contribution in [0.3, 0.4) is 0 Å². The Labute approximate surface area is 95.7 Å². The number of ether oxygens (including phenoxy) is 2. The Morgan fingerprint density at radius 3 is 2.93 bits per heavy atom. The Balaban J connectivity index is 3.12. The van der Waals surface area contributed by atoms with E-state index in [2.05, 4.69) is 4.74 Å². The third-order valence-corrected chi connectivity index (χ3v) is 1.72. The highest BCUT2D eigenvalue weighted by Gasteiger charge is 2.05. The van der Waals surface area contributed by atoms with Crippen LogP contribution in [0.2, 0.25) is 10.0 Å². The lowest BCUT2D eigenvalue weighted by Crippen LogP contribution is -2.12. The summed E-state index contributed by atoms with van der Waals surface area (Å²) in [6.45, 7) is -0.456. The van der Waals surface area contributed by atoms with Crippen molar-refractivity contribution < 1.29 is 18.4 Å². The van der Waals surface area contributed by atoms with E-state index in [0.717, 1.165) is 0 Å². The minimum atomic E-state index is -0.659. The van der Waals surface area contributed by atoms with E-state index in [0.29, 0.717) is 0 Å². The standard InChI is InChI=1S/C9H8Cl2O3/c1-13-9(12)5-14-8-3-2-6(10)4-7(8)11/h2-4H,5H2,1H3/i2D,3D,4D. The summed E-state index contributed by atoms with van der Waals surface area (Å²) in [5.41, 5.74) is 0. The number of methoxy groups -OCH3 is 1. The molecule has 0 spiro atoms. The van der Waals surface area contributed by atoms with Crippen LogP contribution in [-0.2, 0) is 9.53 Å². The number of carbonyl (C=O) groups is 1. The summed E-state index contributed by atoms with van der Waals surface area (Å²) >= 11 is 11.4. The minimum absolute atomic E-state index is 0.208. The summed E-state index contributed by atoms with van der Waals surface area (Å²) in [6, 6.07) is -1.06. The van der Waals surface area contributed by atoms with Gasteiger partial charge in [-0.05, 0) is 18.1 Å². The van der Waals surface area contributed by atoms with Crippen molar-refractivity contribution in [3.8, 4) is 5.75 Å². The quantitative estimate of drug-likeness (QED) is 0.759. The van der Waals surface area contributed by atoms with Crippen LogP contribution in [0.15, 0.2) is 18.1 Å². The third-order valence-electron chi connectivity index (χ3n) is 1.27. The first-order chi connectivity index (χ1) is 7.90. The molecule has 0 radical (unpaired) electrons. The van der Waals surface area contributed by atoms with Gasteiger partial charge in [-0.15, -0.1) is 0 Å². The molecular formula is C9H8Cl2O3. The normalized spacial score (nSPS) is 12.6. The van der Waals surface area contributed by atoms with Gasteiger partial charge in [-0.2, -0.15) is 0 Å². The molecule has 3 nitrogen and oxygen atoms in total. The largest absolute Gasteiger partial charge is 0.480 e. The van der Waals surface area contributed by atoms with Crippen LogP contribution in [-0.4, -0.2) is 19.7 Å². The fourth-order valence-corrected chi connectivity index (χ4v) is 1.03. The molecule has 0 aliphatic carbocycles. The Bertz CT molecular complexity index is 436. The highest BCUT2D eigenvalue weighted by molar-refractivity contribution is 6.35. The summed E-state index contributed by atoms with van der Waals surface area (Å²) in [7, 11) is 1.18. The van der Waals surface area contributed by atoms with Gasteiger partial charge in [0.2, 0.25) is 0 Å². The zero-order valence-electron chi connectivity index (χ0n) is 10.2. The van der Waals surface area contributed by atoms with E-state index in [4.69, 9.17) is 32.1 Å². The average molecular weight is 238 g/mol. The molecule has 0 aromatic heterocycles. The maximum absolute atomic E-state index is 10.9. The monoisotopic (exact) mass is 237 g/mol. The second kappa shape index (κ2) is 5.08. The van der Waals surface area contributed by atoms with Gasteiger partial charge < -0.3 is 9.47 Å². The van der Waals surface area contributed by atoms with E-state index in [1.807, 2.05) is 0 Å². The maximum Gasteiger partial charge on any atom is 0.343 e. The molecule has 0 aliphatic heterocycles. The minimum Gasteiger partial charge on any atom is -0.480 e. The number of rotatable bonds is 3. The van der Waals surface area contributed by atoms with Crippen molar-refractivity contribution in [3.05, 3.63) is 28.2 Å². The lowest BCUT2D eigenvalue weighted by molar-refractivity contribution is -0.142. The zero-order valence-corrected chi connectivity index (χ0v) is 8.70. The molecule has 0 N–H and O–H groups in total. The van der Waals surface area contributed by atoms with E-state index in [1.54, 1.807) is 0 Å². The van der Waals surface area contributed by atoms with Gasteiger partial charge in [0.15, 0.2) is 6.61 Å². The fraction of sp³-hybridized carbons (Fsp3) is 0.222. The summed E-state index contributed by atoms with van der Waals surface area (Å²) in [5, 5.41) is -0.440. The molecule has 76 valence electrons. The Hall–Kier alpha value is -0.930. The molecule has 5 heteroatoms. The van der Waals surface area contributed by atoms with Crippen molar-refractivity contribution in [2.24, 2.45) is 0 Å². The highest BCUT2D eigenvalue weighted by Crippen LogP contribution is 2.27. The smallest absolute Gasteiger partial charge is 0.343 e. The van der Waals surface area contributed by atoms with E-state index in [9.17, 15) is 4.79 Å². The number of esters is 1. The molecule has 0 fully saturated rings. The zero-order chi connectivity index (χ0) is 13.2. The molecule has 0 aliphatic rings.